The number of rotatable bonds is 0. The largest absolute Gasteiger partial charge is 0.138 e. The predicted molar refractivity (Wildman–Crippen MR) is 38.3 cm³/mol. The van der Waals surface area contributed by atoms with E-state index in [1.807, 2.05) is 13.8 Å². The Balaban J connectivity index is -0.0000000275. The highest BCUT2D eigenvalue weighted by Gasteiger charge is 1.35. The summed E-state index contributed by atoms with van der Waals surface area (Å²) in [5.41, 5.74) is 0. The Labute approximate surface area is 44.5 Å². The Kier molecular flexibility index (Phi) is 140. The molecule has 0 amide bonds. The molecule has 0 saturated heterocycles. The van der Waals surface area contributed by atoms with Gasteiger partial charge in [0.05, 0.1) is 0 Å². The van der Waals surface area contributed by atoms with Crippen LogP contribution < -0.4 is 0 Å². The van der Waals surface area contributed by atoms with Crippen LogP contribution in [0.15, 0.2) is 0 Å². The summed E-state index contributed by atoms with van der Waals surface area (Å²) >= 11 is 0. The number of hydrogen-bond donors (Lipinski definition) is 0. The van der Waals surface area contributed by atoms with E-state index in [9.17, 15) is 0 Å². The van der Waals surface area contributed by atoms with Crippen molar-refractivity contribution in [3.05, 3.63) is 0 Å². The molecule has 42 valence electrons. The Bertz CT molecular complexity index is 3.90. The average Bonchev–Trinajstić information content (AvgIpc) is 1.46. The van der Waals surface area contributed by atoms with Crippen LogP contribution in [0.3, 0.4) is 0 Å². The van der Waals surface area contributed by atoms with E-state index < -0.39 is 0 Å². The van der Waals surface area contributed by atoms with Crippen molar-refractivity contribution in [2.45, 2.75) is 28.2 Å². The second-order valence-electron chi connectivity index (χ2n) is 0.408. The zero-order valence-corrected chi connectivity index (χ0v) is 5.44. The van der Waals surface area contributed by atoms with Gasteiger partial charge in [-0.25, -0.2) is 0 Å². The first-order valence-electron chi connectivity index (χ1n) is 2.12. The fraction of sp³-hybridized carbons (Fsp3) is 1.00. The van der Waals surface area contributed by atoms with Gasteiger partial charge in [0.15, 0.2) is 0 Å². The Hall–Kier alpha value is 0.430. The molecule has 0 bridgehead atoms. The van der Waals surface area contributed by atoms with E-state index in [0.717, 1.165) is 0 Å². The zero-order chi connectivity index (χ0) is 4.71. The molecule has 0 aromatic heterocycles. The van der Waals surface area contributed by atoms with Crippen LogP contribution in [0.4, 0.5) is 0 Å². The molecule has 0 aliphatic rings. The molecule has 0 nitrogen and oxygen atoms in total. The molecule has 0 N–H and O–H groups in total. The Morgan fingerprint density at radius 2 is 1.33 bits per heavy atom. The third-order valence-electron chi connectivity index (χ3n) is 0. The molecule has 0 aliphatic heterocycles. The predicted octanol–water partition coefficient (Wildman–Crippen LogP) is 2.54. The van der Waals surface area contributed by atoms with Crippen LogP contribution in [0.1, 0.15) is 28.2 Å². The van der Waals surface area contributed by atoms with Crippen molar-refractivity contribution in [1.82, 2.24) is 0 Å². The summed E-state index contributed by atoms with van der Waals surface area (Å²) in [4.78, 5) is 0. The monoisotopic (exact) mass is 108 g/mol. The van der Waals surface area contributed by atoms with Crippen LogP contribution in [0.5, 0.6) is 0 Å². The minimum atomic E-state index is 0. The fourth-order valence-corrected chi connectivity index (χ4v) is 0. The topological polar surface area (TPSA) is 0 Å². The zero-order valence-electron chi connectivity index (χ0n) is 4.28. The summed E-state index contributed by atoms with van der Waals surface area (Å²) in [6.07, 6.45) is 1.17. The summed E-state index contributed by atoms with van der Waals surface area (Å²) in [7, 11) is 2.58. The molecular formula is C5H17P. The maximum absolute atomic E-state index is 2.58. The van der Waals surface area contributed by atoms with Crippen molar-refractivity contribution >= 4 is 9.24 Å². The van der Waals surface area contributed by atoms with Gasteiger partial charge >= 0.3 is 0 Å². The third kappa shape index (κ3) is 282. The van der Waals surface area contributed by atoms with Crippen LogP contribution in [-0.4, -0.2) is 6.16 Å². The maximum atomic E-state index is 2.58. The molecule has 0 saturated carbocycles. The smallest absolute Gasteiger partial charge is 0.0410 e. The second-order valence-corrected chi connectivity index (χ2v) is 1.22. The standard InChI is InChI=1S/C2H7P.C2H6.CH4/c1-2-3;1-2;/h2-3H2,1H3;1-2H3;1H4. The summed E-state index contributed by atoms with van der Waals surface area (Å²) in [5, 5.41) is 0. The van der Waals surface area contributed by atoms with Crippen LogP contribution in [0, 0.1) is 0 Å². The highest BCUT2D eigenvalue weighted by Crippen LogP contribution is 1.68. The summed E-state index contributed by atoms with van der Waals surface area (Å²) in [6, 6.07) is 0. The first kappa shape index (κ1) is 16.1. The minimum absolute atomic E-state index is 0. The van der Waals surface area contributed by atoms with E-state index in [1.54, 1.807) is 0 Å². The van der Waals surface area contributed by atoms with E-state index in [4.69, 9.17) is 0 Å². The van der Waals surface area contributed by atoms with Crippen molar-refractivity contribution in [2.24, 2.45) is 0 Å². The van der Waals surface area contributed by atoms with Crippen molar-refractivity contribution < 1.29 is 0 Å². The summed E-state index contributed by atoms with van der Waals surface area (Å²) in [6.45, 7) is 6.09. The van der Waals surface area contributed by atoms with E-state index >= 15 is 0 Å². The van der Waals surface area contributed by atoms with Gasteiger partial charge in [0, 0.05) is 0 Å². The van der Waals surface area contributed by atoms with Crippen LogP contribution in [0.25, 0.3) is 0 Å². The lowest BCUT2D eigenvalue weighted by atomic mass is 11.0. The van der Waals surface area contributed by atoms with Gasteiger partial charge in [0.1, 0.15) is 0 Å². The molecule has 1 atom stereocenters. The SMILES string of the molecule is C.CC.CCP. The van der Waals surface area contributed by atoms with Gasteiger partial charge in [-0.05, 0) is 6.16 Å². The van der Waals surface area contributed by atoms with E-state index in [0.29, 0.717) is 0 Å². The molecule has 0 rings (SSSR count). The van der Waals surface area contributed by atoms with Gasteiger partial charge in [0.2, 0.25) is 0 Å². The molecule has 6 heavy (non-hydrogen) atoms. The maximum Gasteiger partial charge on any atom is -0.0410 e. The highest BCUT2D eigenvalue weighted by atomic mass is 31.0. The molecule has 0 spiro atoms. The number of hydrogen-bond acceptors (Lipinski definition) is 0. The lowest BCUT2D eigenvalue weighted by Crippen LogP contribution is -1.33. The highest BCUT2D eigenvalue weighted by molar-refractivity contribution is 7.16. The molecule has 0 aromatic carbocycles. The average molecular weight is 108 g/mol. The van der Waals surface area contributed by atoms with Crippen molar-refractivity contribution in [3.63, 3.8) is 0 Å². The van der Waals surface area contributed by atoms with Gasteiger partial charge in [-0.15, -0.1) is 9.24 Å². The van der Waals surface area contributed by atoms with E-state index in [-0.39, 0.29) is 7.43 Å². The molecular weight excluding hydrogens is 91.0 g/mol. The molecule has 0 radical (unpaired) electrons. The molecule has 0 aliphatic carbocycles. The van der Waals surface area contributed by atoms with Crippen molar-refractivity contribution in [1.29, 1.82) is 0 Å². The van der Waals surface area contributed by atoms with Gasteiger partial charge in [-0.2, -0.15) is 0 Å². The Morgan fingerprint density at radius 1 is 1.33 bits per heavy atom. The van der Waals surface area contributed by atoms with Gasteiger partial charge in [0.25, 0.3) is 0 Å². The normalized spacial score (nSPS) is 4.00. The quantitative estimate of drug-likeness (QED) is 0.418. The lowest BCUT2D eigenvalue weighted by molar-refractivity contribution is 1.50. The van der Waals surface area contributed by atoms with Crippen molar-refractivity contribution in [2.75, 3.05) is 6.16 Å². The molecule has 0 aromatic rings. The Morgan fingerprint density at radius 3 is 1.33 bits per heavy atom. The molecule has 0 fully saturated rings. The van der Waals surface area contributed by atoms with Crippen LogP contribution in [0.2, 0.25) is 0 Å². The van der Waals surface area contributed by atoms with E-state index in [1.165, 1.54) is 6.16 Å². The first-order valence-corrected chi connectivity index (χ1v) is 2.93. The second kappa shape index (κ2) is 52.1. The van der Waals surface area contributed by atoms with E-state index in [2.05, 4.69) is 16.2 Å². The van der Waals surface area contributed by atoms with Gasteiger partial charge in [-0.3, -0.25) is 0 Å². The molecule has 0 heterocycles. The van der Waals surface area contributed by atoms with Gasteiger partial charge < -0.3 is 0 Å². The molecule has 1 heteroatoms. The lowest BCUT2D eigenvalue weighted by Gasteiger charge is -1.48. The van der Waals surface area contributed by atoms with Crippen LogP contribution >= 0.6 is 9.24 Å². The van der Waals surface area contributed by atoms with Crippen LogP contribution in [-0.2, 0) is 0 Å². The van der Waals surface area contributed by atoms with Gasteiger partial charge in [-0.1, -0.05) is 28.2 Å². The van der Waals surface area contributed by atoms with Crippen molar-refractivity contribution in [3.8, 4) is 0 Å². The third-order valence-corrected chi connectivity index (χ3v) is 0. The minimum Gasteiger partial charge on any atom is -0.138 e. The fourth-order valence-electron chi connectivity index (χ4n) is 0. The first-order chi connectivity index (χ1) is 2.41. The summed E-state index contributed by atoms with van der Waals surface area (Å²) in [5.74, 6) is 0. The summed E-state index contributed by atoms with van der Waals surface area (Å²) < 4.78 is 0. The molecule has 1 unspecified atom stereocenters.